The van der Waals surface area contributed by atoms with E-state index in [0.717, 1.165) is 11.1 Å². The number of nitrogens with zero attached hydrogens (tertiary/aromatic N) is 1. The number of hydrogen-bond donors (Lipinski definition) is 0. The van der Waals surface area contributed by atoms with E-state index in [9.17, 15) is 4.79 Å². The maximum Gasteiger partial charge on any atom is 0.420 e. The number of oxazole rings is 1. The first kappa shape index (κ1) is 10.0. The molecule has 0 aliphatic carbocycles. The molecule has 1 aromatic heterocycles. The number of rotatable bonds is 0. The van der Waals surface area contributed by atoms with Crippen LogP contribution in [0.15, 0.2) is 27.4 Å². The van der Waals surface area contributed by atoms with Gasteiger partial charge in [0.25, 0.3) is 0 Å². The van der Waals surface area contributed by atoms with E-state index in [0.29, 0.717) is 5.58 Å². The zero-order valence-corrected chi connectivity index (χ0v) is 9.50. The van der Waals surface area contributed by atoms with Crippen LogP contribution in [0, 0.1) is 6.92 Å². The maximum atomic E-state index is 11.7. The third-order valence-corrected chi connectivity index (χ3v) is 2.41. The zero-order chi connectivity index (χ0) is 11.2. The number of aryl methyl sites for hydroxylation is 1. The normalized spacial score (nSPS) is 12.3. The van der Waals surface area contributed by atoms with Gasteiger partial charge in [-0.05, 0) is 45.4 Å². The summed E-state index contributed by atoms with van der Waals surface area (Å²) in [7, 11) is 0. The molecule has 0 saturated carbocycles. The van der Waals surface area contributed by atoms with Crippen LogP contribution in [-0.2, 0) is 5.54 Å². The molecule has 0 unspecified atom stereocenters. The Balaban J connectivity index is 2.86. The van der Waals surface area contributed by atoms with Crippen molar-refractivity contribution in [2.45, 2.75) is 33.2 Å². The molecule has 3 nitrogen and oxygen atoms in total. The minimum Gasteiger partial charge on any atom is -0.408 e. The second-order valence-corrected chi connectivity index (χ2v) is 4.85. The molecule has 3 heteroatoms. The highest BCUT2D eigenvalue weighted by molar-refractivity contribution is 5.74. The summed E-state index contributed by atoms with van der Waals surface area (Å²) in [5, 5.41) is 0. The molecule has 1 aromatic carbocycles. The largest absolute Gasteiger partial charge is 0.420 e. The van der Waals surface area contributed by atoms with E-state index in [1.807, 2.05) is 45.9 Å². The minimum atomic E-state index is -0.289. The highest BCUT2D eigenvalue weighted by Gasteiger charge is 2.20. The standard InChI is InChI=1S/C12H15NO2/c1-8-5-6-9-10(7-8)15-11(14)13(9)12(2,3)4/h5-7H,1-4H3. The molecule has 0 atom stereocenters. The SMILES string of the molecule is Cc1ccc2c(c1)oc(=O)n2C(C)(C)C. The van der Waals surface area contributed by atoms with Crippen molar-refractivity contribution >= 4 is 11.1 Å². The predicted molar refractivity (Wildman–Crippen MR) is 60.2 cm³/mol. The van der Waals surface area contributed by atoms with Gasteiger partial charge in [0.1, 0.15) is 0 Å². The first-order valence-corrected chi connectivity index (χ1v) is 5.02. The summed E-state index contributed by atoms with van der Waals surface area (Å²) in [6.07, 6.45) is 0. The van der Waals surface area contributed by atoms with E-state index in [1.165, 1.54) is 0 Å². The summed E-state index contributed by atoms with van der Waals surface area (Å²) in [5.41, 5.74) is 2.36. The van der Waals surface area contributed by atoms with Gasteiger partial charge in [-0.2, -0.15) is 0 Å². The van der Waals surface area contributed by atoms with Crippen LogP contribution < -0.4 is 5.76 Å². The van der Waals surface area contributed by atoms with Crippen molar-refractivity contribution in [1.29, 1.82) is 0 Å². The average Bonchev–Trinajstić information content (AvgIpc) is 2.38. The molecule has 0 fully saturated rings. The molecule has 0 bridgehead atoms. The van der Waals surface area contributed by atoms with Gasteiger partial charge in [0.05, 0.1) is 5.52 Å². The lowest BCUT2D eigenvalue weighted by molar-refractivity contribution is 0.363. The van der Waals surface area contributed by atoms with E-state index < -0.39 is 0 Å². The lowest BCUT2D eigenvalue weighted by Gasteiger charge is -2.19. The number of fused-ring (bicyclic) bond motifs is 1. The Morgan fingerprint density at radius 3 is 2.53 bits per heavy atom. The number of aromatic nitrogens is 1. The summed E-state index contributed by atoms with van der Waals surface area (Å²) in [5.74, 6) is -0.289. The molecule has 15 heavy (non-hydrogen) atoms. The molecule has 0 radical (unpaired) electrons. The van der Waals surface area contributed by atoms with Crippen molar-refractivity contribution in [2.24, 2.45) is 0 Å². The average molecular weight is 205 g/mol. The second-order valence-electron chi connectivity index (χ2n) is 4.85. The smallest absolute Gasteiger partial charge is 0.408 e. The third kappa shape index (κ3) is 1.58. The van der Waals surface area contributed by atoms with Gasteiger partial charge in [-0.25, -0.2) is 4.79 Å². The Morgan fingerprint density at radius 2 is 1.93 bits per heavy atom. The van der Waals surface area contributed by atoms with Crippen LogP contribution >= 0.6 is 0 Å². The fraction of sp³-hybridized carbons (Fsp3) is 0.417. The van der Waals surface area contributed by atoms with Gasteiger partial charge in [-0.3, -0.25) is 4.57 Å². The van der Waals surface area contributed by atoms with Crippen molar-refractivity contribution in [3.05, 3.63) is 34.3 Å². The van der Waals surface area contributed by atoms with Crippen LogP contribution in [0.5, 0.6) is 0 Å². The van der Waals surface area contributed by atoms with E-state index in [4.69, 9.17) is 4.42 Å². The molecular weight excluding hydrogens is 190 g/mol. The first-order chi connectivity index (χ1) is 6.89. The van der Waals surface area contributed by atoms with Gasteiger partial charge in [0, 0.05) is 5.54 Å². The molecule has 0 saturated heterocycles. The molecule has 0 N–H and O–H groups in total. The summed E-state index contributed by atoms with van der Waals surface area (Å²) in [4.78, 5) is 11.7. The fourth-order valence-electron chi connectivity index (χ4n) is 1.76. The lowest BCUT2D eigenvalue weighted by atomic mass is 10.1. The quantitative estimate of drug-likeness (QED) is 0.662. The Labute approximate surface area is 88.3 Å². The Kier molecular flexibility index (Phi) is 2.00. The van der Waals surface area contributed by atoms with Crippen LogP contribution in [0.25, 0.3) is 11.1 Å². The molecule has 0 aliphatic rings. The van der Waals surface area contributed by atoms with E-state index >= 15 is 0 Å². The monoisotopic (exact) mass is 205 g/mol. The summed E-state index contributed by atoms with van der Waals surface area (Å²) in [6.45, 7) is 7.95. The first-order valence-electron chi connectivity index (χ1n) is 5.02. The van der Waals surface area contributed by atoms with Gasteiger partial charge in [0.2, 0.25) is 0 Å². The topological polar surface area (TPSA) is 35.1 Å². The van der Waals surface area contributed by atoms with Crippen LogP contribution in [0.4, 0.5) is 0 Å². The number of hydrogen-bond acceptors (Lipinski definition) is 2. The van der Waals surface area contributed by atoms with Crippen LogP contribution in [0.1, 0.15) is 26.3 Å². The van der Waals surface area contributed by atoms with Crippen LogP contribution in [0.2, 0.25) is 0 Å². The predicted octanol–water partition coefficient (Wildman–Crippen LogP) is 2.66. The van der Waals surface area contributed by atoms with Crippen LogP contribution in [-0.4, -0.2) is 4.57 Å². The van der Waals surface area contributed by atoms with E-state index in [2.05, 4.69) is 0 Å². The molecule has 0 spiro atoms. The molecule has 1 heterocycles. The van der Waals surface area contributed by atoms with Gasteiger partial charge < -0.3 is 4.42 Å². The highest BCUT2D eigenvalue weighted by atomic mass is 16.4. The molecular formula is C12H15NO2. The lowest BCUT2D eigenvalue weighted by Crippen LogP contribution is -2.30. The molecule has 2 aromatic rings. The summed E-state index contributed by atoms with van der Waals surface area (Å²) >= 11 is 0. The minimum absolute atomic E-state index is 0.252. The molecule has 80 valence electrons. The molecule has 2 rings (SSSR count). The molecule has 0 aliphatic heterocycles. The summed E-state index contributed by atoms with van der Waals surface area (Å²) in [6, 6.07) is 5.80. The van der Waals surface area contributed by atoms with Crippen LogP contribution in [0.3, 0.4) is 0 Å². The van der Waals surface area contributed by atoms with Crippen molar-refractivity contribution in [3.63, 3.8) is 0 Å². The van der Waals surface area contributed by atoms with Gasteiger partial charge in [-0.1, -0.05) is 6.07 Å². The van der Waals surface area contributed by atoms with Crippen molar-refractivity contribution < 1.29 is 4.42 Å². The van der Waals surface area contributed by atoms with Gasteiger partial charge in [0.15, 0.2) is 5.58 Å². The van der Waals surface area contributed by atoms with Crippen molar-refractivity contribution in [3.8, 4) is 0 Å². The van der Waals surface area contributed by atoms with Gasteiger partial charge >= 0.3 is 5.76 Å². The highest BCUT2D eigenvalue weighted by Crippen LogP contribution is 2.21. The summed E-state index contributed by atoms with van der Waals surface area (Å²) < 4.78 is 6.90. The fourth-order valence-corrected chi connectivity index (χ4v) is 1.76. The third-order valence-electron chi connectivity index (χ3n) is 2.41. The molecule has 0 amide bonds. The Morgan fingerprint density at radius 1 is 1.27 bits per heavy atom. The van der Waals surface area contributed by atoms with E-state index in [-0.39, 0.29) is 11.3 Å². The maximum absolute atomic E-state index is 11.7. The van der Waals surface area contributed by atoms with Gasteiger partial charge in [-0.15, -0.1) is 0 Å². The van der Waals surface area contributed by atoms with Crippen molar-refractivity contribution in [2.75, 3.05) is 0 Å². The van der Waals surface area contributed by atoms with Crippen molar-refractivity contribution in [1.82, 2.24) is 4.57 Å². The Bertz CT molecular complexity index is 555. The number of benzene rings is 1. The zero-order valence-electron chi connectivity index (χ0n) is 9.50. The second kappa shape index (κ2) is 2.99. The Hall–Kier alpha value is -1.51. The van der Waals surface area contributed by atoms with E-state index in [1.54, 1.807) is 4.57 Å².